The van der Waals surface area contributed by atoms with E-state index in [2.05, 4.69) is 0 Å². The summed E-state index contributed by atoms with van der Waals surface area (Å²) in [5, 5.41) is 9.41. The van der Waals surface area contributed by atoms with Crippen molar-refractivity contribution in [3.63, 3.8) is 0 Å². The molecule has 17 heavy (non-hydrogen) atoms. The van der Waals surface area contributed by atoms with Crippen molar-refractivity contribution in [3.8, 4) is 5.75 Å². The van der Waals surface area contributed by atoms with Crippen molar-refractivity contribution < 1.29 is 9.90 Å². The minimum atomic E-state index is -0.129. The number of nitrogens with zero attached hydrogens (tertiary/aromatic N) is 1. The predicted molar refractivity (Wildman–Crippen MR) is 69.0 cm³/mol. The lowest BCUT2D eigenvalue weighted by Crippen LogP contribution is -2.37. The second-order valence-electron chi connectivity index (χ2n) is 4.36. The Labute approximate surface area is 102 Å². The molecule has 4 heteroatoms. The molecule has 1 aromatic carbocycles. The molecular weight excluding hydrogens is 216 g/mol. The molecule has 0 bridgehead atoms. The Hall–Kier alpha value is -1.71. The third kappa shape index (κ3) is 3.12. The Kier molecular flexibility index (Phi) is 4.37. The molecule has 3 N–H and O–H groups in total. The fourth-order valence-electron chi connectivity index (χ4n) is 1.72. The third-order valence-electron chi connectivity index (χ3n) is 2.62. The zero-order chi connectivity index (χ0) is 13.0. The van der Waals surface area contributed by atoms with E-state index in [-0.39, 0.29) is 17.7 Å². The molecule has 4 nitrogen and oxygen atoms in total. The largest absolute Gasteiger partial charge is 0.508 e. The third-order valence-corrected chi connectivity index (χ3v) is 2.62. The molecular formula is C13H20N2O2. The van der Waals surface area contributed by atoms with Gasteiger partial charge in [-0.25, -0.2) is 0 Å². The van der Waals surface area contributed by atoms with E-state index in [9.17, 15) is 9.90 Å². The Morgan fingerprint density at radius 2 is 2.12 bits per heavy atom. The summed E-state index contributed by atoms with van der Waals surface area (Å²) in [6.45, 7) is 6.64. The van der Waals surface area contributed by atoms with E-state index >= 15 is 0 Å². The fraction of sp³-hybridized carbons (Fsp3) is 0.462. The summed E-state index contributed by atoms with van der Waals surface area (Å²) >= 11 is 0. The van der Waals surface area contributed by atoms with Crippen LogP contribution in [0.1, 0.15) is 37.6 Å². The number of carbonyl (C=O) groups is 1. The second kappa shape index (κ2) is 5.57. The molecule has 0 radical (unpaired) electrons. The SMILES string of the molecule is CCCN(C(=O)c1cc(O)ccc1N)C(C)C. The molecule has 0 aliphatic carbocycles. The van der Waals surface area contributed by atoms with Gasteiger partial charge in [-0.1, -0.05) is 6.92 Å². The molecule has 0 atom stereocenters. The van der Waals surface area contributed by atoms with Gasteiger partial charge in [0.05, 0.1) is 5.56 Å². The van der Waals surface area contributed by atoms with E-state index in [1.54, 1.807) is 11.0 Å². The van der Waals surface area contributed by atoms with Crippen molar-refractivity contribution in [2.45, 2.75) is 33.2 Å². The molecule has 0 saturated carbocycles. The van der Waals surface area contributed by atoms with Crippen LogP contribution in [0.3, 0.4) is 0 Å². The zero-order valence-electron chi connectivity index (χ0n) is 10.6. The normalized spacial score (nSPS) is 10.6. The number of carbonyl (C=O) groups excluding carboxylic acids is 1. The summed E-state index contributed by atoms with van der Waals surface area (Å²) < 4.78 is 0. The predicted octanol–water partition coefficient (Wildman–Crippen LogP) is 2.24. The number of nitrogens with two attached hydrogens (primary N) is 1. The van der Waals surface area contributed by atoms with Crippen LogP contribution in [0, 0.1) is 0 Å². The Balaban J connectivity index is 3.04. The van der Waals surface area contributed by atoms with Gasteiger partial charge in [-0.3, -0.25) is 4.79 Å². The van der Waals surface area contributed by atoms with Crippen LogP contribution in [0.5, 0.6) is 5.75 Å². The molecule has 0 spiro atoms. The van der Waals surface area contributed by atoms with Gasteiger partial charge in [-0.2, -0.15) is 0 Å². The van der Waals surface area contributed by atoms with Gasteiger partial charge in [0.2, 0.25) is 0 Å². The Morgan fingerprint density at radius 3 is 2.65 bits per heavy atom. The van der Waals surface area contributed by atoms with Crippen molar-refractivity contribution >= 4 is 11.6 Å². The Bertz CT molecular complexity index is 402. The topological polar surface area (TPSA) is 66.6 Å². The van der Waals surface area contributed by atoms with Crippen LogP contribution in [0.15, 0.2) is 18.2 Å². The summed E-state index contributed by atoms with van der Waals surface area (Å²) in [5.74, 6) is -0.0713. The highest BCUT2D eigenvalue weighted by Gasteiger charge is 2.20. The minimum absolute atomic E-state index is 0.0581. The highest BCUT2D eigenvalue weighted by Crippen LogP contribution is 2.21. The average Bonchev–Trinajstić information content (AvgIpc) is 2.28. The van der Waals surface area contributed by atoms with Crippen molar-refractivity contribution in [2.24, 2.45) is 0 Å². The van der Waals surface area contributed by atoms with Crippen molar-refractivity contribution in [1.29, 1.82) is 0 Å². The van der Waals surface area contributed by atoms with Crippen LogP contribution < -0.4 is 5.73 Å². The van der Waals surface area contributed by atoms with Gasteiger partial charge >= 0.3 is 0 Å². The number of phenolic OH excluding ortho intramolecular Hbond substituents is 1. The smallest absolute Gasteiger partial charge is 0.256 e. The molecule has 0 aromatic heterocycles. The Morgan fingerprint density at radius 1 is 1.47 bits per heavy atom. The van der Waals surface area contributed by atoms with E-state index in [1.165, 1.54) is 12.1 Å². The molecule has 0 aliphatic rings. The lowest BCUT2D eigenvalue weighted by atomic mass is 10.1. The summed E-state index contributed by atoms with van der Waals surface area (Å²) in [7, 11) is 0. The number of hydrogen-bond acceptors (Lipinski definition) is 3. The number of benzene rings is 1. The number of aromatic hydroxyl groups is 1. The van der Waals surface area contributed by atoms with E-state index in [0.29, 0.717) is 17.8 Å². The van der Waals surface area contributed by atoms with Crippen LogP contribution in [0.2, 0.25) is 0 Å². The molecule has 1 amide bonds. The van der Waals surface area contributed by atoms with Gasteiger partial charge < -0.3 is 15.7 Å². The number of anilines is 1. The zero-order valence-corrected chi connectivity index (χ0v) is 10.6. The number of nitrogen functional groups attached to an aromatic ring is 1. The average molecular weight is 236 g/mol. The van der Waals surface area contributed by atoms with Gasteiger partial charge in [-0.15, -0.1) is 0 Å². The molecule has 1 rings (SSSR count). The van der Waals surface area contributed by atoms with Crippen molar-refractivity contribution in [1.82, 2.24) is 4.90 Å². The maximum Gasteiger partial charge on any atom is 0.256 e. The standard InChI is InChI=1S/C13H20N2O2/c1-4-7-15(9(2)3)13(17)11-8-10(16)5-6-12(11)14/h5-6,8-9,16H,4,7,14H2,1-3H3. The van der Waals surface area contributed by atoms with Crippen LogP contribution in [0.4, 0.5) is 5.69 Å². The number of rotatable bonds is 4. The van der Waals surface area contributed by atoms with Gasteiger partial charge in [0, 0.05) is 18.3 Å². The first-order chi connectivity index (χ1) is 7.97. The first kappa shape index (κ1) is 13.4. The minimum Gasteiger partial charge on any atom is -0.508 e. The summed E-state index contributed by atoms with van der Waals surface area (Å²) in [6, 6.07) is 4.56. The molecule has 94 valence electrons. The van der Waals surface area contributed by atoms with Crippen LogP contribution in [0.25, 0.3) is 0 Å². The first-order valence-corrected chi connectivity index (χ1v) is 5.86. The van der Waals surface area contributed by atoms with E-state index in [0.717, 1.165) is 6.42 Å². The maximum atomic E-state index is 12.3. The van der Waals surface area contributed by atoms with Crippen molar-refractivity contribution in [3.05, 3.63) is 23.8 Å². The highest BCUT2D eigenvalue weighted by molar-refractivity contribution is 5.99. The molecule has 0 heterocycles. The van der Waals surface area contributed by atoms with E-state index in [1.807, 2.05) is 20.8 Å². The van der Waals surface area contributed by atoms with Crippen LogP contribution >= 0.6 is 0 Å². The lowest BCUT2D eigenvalue weighted by molar-refractivity contribution is 0.0706. The number of amides is 1. The van der Waals surface area contributed by atoms with Gasteiger partial charge in [0.15, 0.2) is 0 Å². The summed E-state index contributed by atoms with van der Waals surface area (Å²) in [4.78, 5) is 14.0. The molecule has 0 saturated heterocycles. The molecule has 0 unspecified atom stereocenters. The lowest BCUT2D eigenvalue weighted by Gasteiger charge is -2.26. The number of hydrogen-bond donors (Lipinski definition) is 2. The fourth-order valence-corrected chi connectivity index (χ4v) is 1.72. The van der Waals surface area contributed by atoms with Crippen LogP contribution in [-0.4, -0.2) is 28.5 Å². The van der Waals surface area contributed by atoms with Gasteiger partial charge in [0.1, 0.15) is 5.75 Å². The monoisotopic (exact) mass is 236 g/mol. The van der Waals surface area contributed by atoms with Crippen LogP contribution in [-0.2, 0) is 0 Å². The summed E-state index contributed by atoms with van der Waals surface area (Å²) in [6.07, 6.45) is 0.892. The van der Waals surface area contributed by atoms with E-state index in [4.69, 9.17) is 5.73 Å². The first-order valence-electron chi connectivity index (χ1n) is 5.86. The summed E-state index contributed by atoms with van der Waals surface area (Å²) in [5.41, 5.74) is 6.53. The molecule has 1 aromatic rings. The highest BCUT2D eigenvalue weighted by atomic mass is 16.3. The quantitative estimate of drug-likeness (QED) is 0.622. The molecule has 0 aliphatic heterocycles. The van der Waals surface area contributed by atoms with Gasteiger partial charge in [-0.05, 0) is 38.5 Å². The van der Waals surface area contributed by atoms with Crippen molar-refractivity contribution in [2.75, 3.05) is 12.3 Å². The van der Waals surface area contributed by atoms with Gasteiger partial charge in [0.25, 0.3) is 5.91 Å². The second-order valence-corrected chi connectivity index (χ2v) is 4.36. The number of phenols is 1. The molecule has 0 fully saturated rings. The maximum absolute atomic E-state index is 12.3. The van der Waals surface area contributed by atoms with E-state index < -0.39 is 0 Å².